The Kier molecular flexibility index (Phi) is 6.23. The number of ether oxygens (including phenoxy) is 1. The van der Waals surface area contributed by atoms with Gasteiger partial charge in [-0.15, -0.1) is 0 Å². The lowest BCUT2D eigenvalue weighted by atomic mass is 10.2. The second-order valence-corrected chi connectivity index (χ2v) is 7.83. The fourth-order valence-corrected chi connectivity index (χ4v) is 4.11. The highest BCUT2D eigenvalue weighted by Crippen LogP contribution is 2.55. The van der Waals surface area contributed by atoms with Crippen molar-refractivity contribution in [2.45, 2.75) is 39.2 Å². The second-order valence-electron chi connectivity index (χ2n) is 5.76. The summed E-state index contributed by atoms with van der Waals surface area (Å²) in [6, 6.07) is 12.1. The van der Waals surface area contributed by atoms with Crippen LogP contribution in [0.15, 0.2) is 48.5 Å². The molecule has 0 saturated carbocycles. The topological polar surface area (TPSA) is 26.3 Å². The third-order valence-electron chi connectivity index (χ3n) is 3.80. The molecule has 0 aliphatic carbocycles. The molecule has 2 aromatic carbocycles. The molecule has 2 rings (SSSR count). The molecular weight excluding hydrogens is 348 g/mol. The van der Waals surface area contributed by atoms with Crippen molar-refractivity contribution in [1.82, 2.24) is 0 Å². The summed E-state index contributed by atoms with van der Waals surface area (Å²) in [5.74, 6) is -4.09. The number of hydrogen-bond donors (Lipinski definition) is 0. The van der Waals surface area contributed by atoms with Gasteiger partial charge in [0.2, 0.25) is 0 Å². The van der Waals surface area contributed by atoms with Gasteiger partial charge in [0, 0.05) is 5.56 Å². The van der Waals surface area contributed by atoms with Gasteiger partial charge >= 0.3 is 5.92 Å². The van der Waals surface area contributed by atoms with E-state index in [1.807, 2.05) is 13.8 Å². The average molecular weight is 368 g/mol. The van der Waals surface area contributed by atoms with Crippen LogP contribution in [0.25, 0.3) is 0 Å². The molecule has 0 radical (unpaired) electrons. The predicted octanol–water partition coefficient (Wildman–Crippen LogP) is 5.64. The average Bonchev–Trinajstić information content (AvgIpc) is 2.56. The minimum atomic E-state index is -4.61. The molecule has 2 aromatic rings. The number of carbonyl (C=O) groups excluding carboxylic acids is 1. The Balaban J connectivity index is 2.41. The normalized spacial score (nSPS) is 14.0. The van der Waals surface area contributed by atoms with E-state index in [-0.39, 0.29) is 17.0 Å². The van der Waals surface area contributed by atoms with Crippen molar-refractivity contribution < 1.29 is 22.7 Å². The zero-order chi connectivity index (χ0) is 18.6. The Morgan fingerprint density at radius 2 is 1.80 bits per heavy atom. The summed E-state index contributed by atoms with van der Waals surface area (Å²) in [5.41, 5.74) is -0.402. The Morgan fingerprint density at radius 1 is 1.16 bits per heavy atom. The number of hydrogen-bond acceptors (Lipinski definition) is 2. The molecule has 2 atom stereocenters. The van der Waals surface area contributed by atoms with E-state index in [4.69, 9.17) is 4.74 Å². The Labute approximate surface area is 146 Å². The third-order valence-corrected chi connectivity index (χ3v) is 5.95. The maximum atomic E-state index is 13.7. The lowest BCUT2D eigenvalue weighted by molar-refractivity contribution is -0.0384. The fraction of sp³-hybridized carbons (Fsp3) is 0.316. The largest absolute Gasteiger partial charge is 0.491 e. The van der Waals surface area contributed by atoms with Crippen LogP contribution in [0.3, 0.4) is 0 Å². The zero-order valence-corrected chi connectivity index (χ0v) is 15.2. The van der Waals surface area contributed by atoms with Crippen LogP contribution < -0.4 is 10.0 Å². The van der Waals surface area contributed by atoms with Crippen LogP contribution >= 0.6 is 7.92 Å². The lowest BCUT2D eigenvalue weighted by Gasteiger charge is -2.22. The highest BCUT2D eigenvalue weighted by Gasteiger charge is 2.46. The Bertz CT molecular complexity index is 729. The van der Waals surface area contributed by atoms with Gasteiger partial charge in [0.05, 0.1) is 6.10 Å². The van der Waals surface area contributed by atoms with Crippen molar-refractivity contribution in [3.63, 3.8) is 0 Å². The number of rotatable bonds is 6. The van der Waals surface area contributed by atoms with E-state index in [9.17, 15) is 18.0 Å². The Hall–Kier alpha value is -1.87. The first-order chi connectivity index (χ1) is 11.7. The molecule has 0 heterocycles. The molecule has 6 heteroatoms. The molecule has 0 bridgehead atoms. The third kappa shape index (κ3) is 4.82. The molecular formula is C19H20F3O2P. The smallest absolute Gasteiger partial charge is 0.416 e. The number of benzene rings is 2. The molecule has 134 valence electrons. The molecule has 25 heavy (non-hydrogen) atoms. The van der Waals surface area contributed by atoms with E-state index in [1.165, 1.54) is 24.3 Å². The van der Waals surface area contributed by atoms with Gasteiger partial charge in [-0.1, -0.05) is 37.3 Å². The van der Waals surface area contributed by atoms with Gasteiger partial charge in [-0.05, 0) is 49.3 Å². The van der Waals surface area contributed by atoms with E-state index in [0.29, 0.717) is 11.3 Å². The van der Waals surface area contributed by atoms with Crippen LogP contribution in [0.2, 0.25) is 0 Å². The monoisotopic (exact) mass is 368 g/mol. The fourth-order valence-electron chi connectivity index (χ4n) is 2.34. The van der Waals surface area contributed by atoms with E-state index in [2.05, 4.69) is 0 Å². The molecule has 2 unspecified atom stereocenters. The second kappa shape index (κ2) is 8.01. The van der Waals surface area contributed by atoms with Crippen molar-refractivity contribution in [1.29, 1.82) is 0 Å². The summed E-state index contributed by atoms with van der Waals surface area (Å²) in [6.07, 6.45) is 0.767. The first-order valence-corrected chi connectivity index (χ1v) is 9.31. The summed E-state index contributed by atoms with van der Waals surface area (Å²) >= 11 is 0. The first-order valence-electron chi connectivity index (χ1n) is 7.97. The minimum Gasteiger partial charge on any atom is -0.491 e. The Morgan fingerprint density at radius 3 is 2.32 bits per heavy atom. The first kappa shape index (κ1) is 19.5. The lowest BCUT2D eigenvalue weighted by Crippen LogP contribution is -2.23. The van der Waals surface area contributed by atoms with Gasteiger partial charge < -0.3 is 4.74 Å². The number of halogens is 3. The molecule has 0 amide bonds. The number of aryl methyl sites for hydroxylation is 1. The molecule has 0 aliphatic rings. The summed E-state index contributed by atoms with van der Waals surface area (Å²) in [6.45, 7) is 5.44. The highest BCUT2D eigenvalue weighted by molar-refractivity contribution is 7.83. The van der Waals surface area contributed by atoms with E-state index in [1.54, 1.807) is 31.2 Å². The van der Waals surface area contributed by atoms with Gasteiger partial charge in [-0.2, -0.15) is 13.2 Å². The van der Waals surface area contributed by atoms with Gasteiger partial charge in [-0.25, -0.2) is 0 Å². The standard InChI is InChI=1S/C19H20F3O2P/c1-4-14(3)24-16-10-11-17(13(2)12-16)25(19(20,21)22)18(23)15-8-6-5-7-9-15/h5-12,14H,4H2,1-3H3. The maximum Gasteiger partial charge on any atom is 0.416 e. The van der Waals surface area contributed by atoms with E-state index >= 15 is 0 Å². The van der Waals surface area contributed by atoms with Crippen LogP contribution in [0.5, 0.6) is 5.75 Å². The molecule has 0 N–H and O–H groups in total. The SMILES string of the molecule is CCC(C)Oc1ccc(P(C(=O)c2ccccc2)C(F)(F)F)c(C)c1. The molecule has 0 aliphatic heterocycles. The van der Waals surface area contributed by atoms with Crippen LogP contribution in [0.4, 0.5) is 13.2 Å². The van der Waals surface area contributed by atoms with Crippen LogP contribution in [0, 0.1) is 6.92 Å². The zero-order valence-electron chi connectivity index (χ0n) is 14.3. The van der Waals surface area contributed by atoms with Crippen molar-refractivity contribution in [3.8, 4) is 5.75 Å². The minimum absolute atomic E-state index is 0.0212. The van der Waals surface area contributed by atoms with Crippen LogP contribution in [-0.2, 0) is 0 Å². The molecule has 0 spiro atoms. The molecule has 0 saturated heterocycles. The van der Waals surface area contributed by atoms with Crippen molar-refractivity contribution in [2.24, 2.45) is 0 Å². The summed E-state index contributed by atoms with van der Waals surface area (Å²) in [5, 5.41) is 0.0212. The summed E-state index contributed by atoms with van der Waals surface area (Å²) in [7, 11) is -2.99. The summed E-state index contributed by atoms with van der Waals surface area (Å²) < 4.78 is 46.6. The van der Waals surface area contributed by atoms with Gasteiger partial charge in [0.15, 0.2) is 5.52 Å². The molecule has 0 aromatic heterocycles. The van der Waals surface area contributed by atoms with Crippen LogP contribution in [0.1, 0.15) is 36.2 Å². The summed E-state index contributed by atoms with van der Waals surface area (Å²) in [4.78, 5) is 12.5. The van der Waals surface area contributed by atoms with Gasteiger partial charge in [-0.3, -0.25) is 4.79 Å². The molecule has 2 nitrogen and oxygen atoms in total. The maximum absolute atomic E-state index is 13.7. The predicted molar refractivity (Wildman–Crippen MR) is 94.9 cm³/mol. The van der Waals surface area contributed by atoms with Crippen molar-refractivity contribution in [3.05, 3.63) is 59.7 Å². The number of alkyl halides is 3. The highest BCUT2D eigenvalue weighted by atomic mass is 31.1. The van der Waals surface area contributed by atoms with Crippen LogP contribution in [-0.4, -0.2) is 17.5 Å². The van der Waals surface area contributed by atoms with Gasteiger partial charge in [0.25, 0.3) is 0 Å². The van der Waals surface area contributed by atoms with Crippen molar-refractivity contribution >= 4 is 18.8 Å². The van der Waals surface area contributed by atoms with Crippen molar-refractivity contribution in [2.75, 3.05) is 0 Å². The van der Waals surface area contributed by atoms with Gasteiger partial charge in [0.1, 0.15) is 13.7 Å². The number of carbonyl (C=O) groups is 1. The van der Waals surface area contributed by atoms with E-state index in [0.717, 1.165) is 6.42 Å². The quantitative estimate of drug-likeness (QED) is 0.617. The van der Waals surface area contributed by atoms with E-state index < -0.39 is 19.4 Å². The molecule has 0 fully saturated rings.